The van der Waals surface area contributed by atoms with E-state index in [9.17, 15) is 9.59 Å². The van der Waals surface area contributed by atoms with E-state index in [1.165, 1.54) is 6.92 Å². The Bertz CT molecular complexity index is 843. The van der Waals surface area contributed by atoms with Crippen LogP contribution in [0, 0.1) is 13.8 Å². The highest BCUT2D eigenvalue weighted by Crippen LogP contribution is 2.32. The number of hydrogen-bond acceptors (Lipinski definition) is 4. The molecule has 2 aromatic carbocycles. The topological polar surface area (TPSA) is 67.9 Å². The molecular formula is C21H24N2O4. The van der Waals surface area contributed by atoms with Gasteiger partial charge in [-0.05, 0) is 42.7 Å². The molecule has 0 atom stereocenters. The summed E-state index contributed by atoms with van der Waals surface area (Å²) >= 11 is 0. The molecule has 2 aromatic rings. The number of aryl methyl sites for hydroxylation is 2. The zero-order valence-electron chi connectivity index (χ0n) is 15.9. The van der Waals surface area contributed by atoms with Crippen LogP contribution in [0.5, 0.6) is 11.5 Å². The van der Waals surface area contributed by atoms with E-state index >= 15 is 0 Å². The number of nitrogens with one attached hydrogen (secondary N) is 1. The highest BCUT2D eigenvalue weighted by Gasteiger charge is 2.17. The summed E-state index contributed by atoms with van der Waals surface area (Å²) in [5.74, 6) is 1.21. The average molecular weight is 368 g/mol. The first-order chi connectivity index (χ1) is 12.9. The second-order valence-corrected chi connectivity index (χ2v) is 6.69. The van der Waals surface area contributed by atoms with Gasteiger partial charge in [0.05, 0.1) is 0 Å². The molecule has 2 amide bonds. The molecule has 1 aliphatic rings. The maximum atomic E-state index is 12.4. The lowest BCUT2D eigenvalue weighted by atomic mass is 10.1. The predicted molar refractivity (Wildman–Crippen MR) is 103 cm³/mol. The van der Waals surface area contributed by atoms with Gasteiger partial charge in [-0.15, -0.1) is 0 Å². The molecule has 27 heavy (non-hydrogen) atoms. The molecule has 0 spiro atoms. The van der Waals surface area contributed by atoms with E-state index in [-0.39, 0.29) is 25.0 Å². The summed E-state index contributed by atoms with van der Waals surface area (Å²) in [7, 11) is 0. The molecular weight excluding hydrogens is 344 g/mol. The smallest absolute Gasteiger partial charge is 0.231 e. The van der Waals surface area contributed by atoms with E-state index < -0.39 is 0 Å². The summed E-state index contributed by atoms with van der Waals surface area (Å²) in [5.41, 5.74) is 3.82. The van der Waals surface area contributed by atoms with Crippen LogP contribution in [0.2, 0.25) is 0 Å². The van der Waals surface area contributed by atoms with Crippen LogP contribution in [0.1, 0.15) is 30.0 Å². The van der Waals surface area contributed by atoms with Crippen LogP contribution >= 0.6 is 0 Å². The number of anilines is 1. The number of rotatable bonds is 6. The largest absolute Gasteiger partial charge is 0.454 e. The number of benzene rings is 2. The number of carbonyl (C=O) groups excluding carboxylic acids is 2. The number of carbonyl (C=O) groups is 2. The van der Waals surface area contributed by atoms with Gasteiger partial charge in [0.1, 0.15) is 0 Å². The maximum Gasteiger partial charge on any atom is 0.231 e. The first-order valence-electron chi connectivity index (χ1n) is 8.94. The molecule has 0 aliphatic carbocycles. The summed E-state index contributed by atoms with van der Waals surface area (Å²) < 4.78 is 10.7. The minimum absolute atomic E-state index is 0.0764. The number of hydrogen-bond donors (Lipinski definition) is 1. The second-order valence-electron chi connectivity index (χ2n) is 6.69. The van der Waals surface area contributed by atoms with E-state index in [1.807, 2.05) is 50.2 Å². The highest BCUT2D eigenvalue weighted by molar-refractivity contribution is 5.92. The molecule has 0 radical (unpaired) electrons. The lowest BCUT2D eigenvalue weighted by Crippen LogP contribution is -2.31. The summed E-state index contributed by atoms with van der Waals surface area (Å²) in [5, 5.41) is 2.96. The Kier molecular flexibility index (Phi) is 5.64. The van der Waals surface area contributed by atoms with Gasteiger partial charge in [-0.1, -0.05) is 24.3 Å². The van der Waals surface area contributed by atoms with Crippen LogP contribution in [0.4, 0.5) is 5.69 Å². The first kappa shape index (κ1) is 18.8. The fourth-order valence-electron chi connectivity index (χ4n) is 3.06. The van der Waals surface area contributed by atoms with Crippen LogP contribution in [-0.4, -0.2) is 30.1 Å². The summed E-state index contributed by atoms with van der Waals surface area (Å²) in [6.45, 7) is 6.42. The molecule has 0 unspecified atom stereocenters. The fourth-order valence-corrected chi connectivity index (χ4v) is 3.06. The van der Waals surface area contributed by atoms with Gasteiger partial charge >= 0.3 is 0 Å². The van der Waals surface area contributed by atoms with Crippen molar-refractivity contribution in [1.29, 1.82) is 0 Å². The number of ether oxygens (including phenoxy) is 2. The minimum atomic E-state index is -0.107. The normalized spacial score (nSPS) is 12.0. The first-order valence-corrected chi connectivity index (χ1v) is 8.94. The Hall–Kier alpha value is -3.02. The quantitative estimate of drug-likeness (QED) is 0.848. The molecule has 6 heteroatoms. The number of para-hydroxylation sites is 1. The Morgan fingerprint density at radius 1 is 1.07 bits per heavy atom. The molecule has 0 bridgehead atoms. The third-order valence-electron chi connectivity index (χ3n) is 4.61. The van der Waals surface area contributed by atoms with Crippen molar-refractivity contribution in [3.8, 4) is 11.5 Å². The molecule has 1 N–H and O–H groups in total. The third kappa shape index (κ3) is 4.58. The van der Waals surface area contributed by atoms with E-state index in [0.29, 0.717) is 24.6 Å². The van der Waals surface area contributed by atoms with Crippen molar-refractivity contribution in [2.45, 2.75) is 33.7 Å². The van der Waals surface area contributed by atoms with Crippen LogP contribution in [0.15, 0.2) is 36.4 Å². The van der Waals surface area contributed by atoms with Crippen molar-refractivity contribution in [3.63, 3.8) is 0 Å². The van der Waals surface area contributed by atoms with Crippen LogP contribution in [-0.2, 0) is 16.1 Å². The Morgan fingerprint density at radius 3 is 2.48 bits per heavy atom. The molecule has 6 nitrogen and oxygen atoms in total. The van der Waals surface area contributed by atoms with Gasteiger partial charge in [-0.3, -0.25) is 9.59 Å². The van der Waals surface area contributed by atoms with Gasteiger partial charge in [-0.25, -0.2) is 0 Å². The Morgan fingerprint density at radius 2 is 1.78 bits per heavy atom. The molecule has 1 aliphatic heterocycles. The number of fused-ring (bicyclic) bond motifs is 1. The lowest BCUT2D eigenvalue weighted by Gasteiger charge is -2.21. The minimum Gasteiger partial charge on any atom is -0.454 e. The standard InChI is InChI=1S/C21H24N2O4/c1-14-5-4-6-15(2)21(14)22-20(25)9-10-23(16(3)24)12-17-7-8-18-19(11-17)27-13-26-18/h4-8,11H,9-10,12-13H2,1-3H3,(H,22,25). The van der Waals surface area contributed by atoms with Crippen molar-refractivity contribution in [2.75, 3.05) is 18.7 Å². The zero-order valence-corrected chi connectivity index (χ0v) is 15.9. The van der Waals surface area contributed by atoms with Crippen molar-refractivity contribution in [3.05, 3.63) is 53.1 Å². The van der Waals surface area contributed by atoms with Gasteiger partial charge in [0, 0.05) is 32.1 Å². The van der Waals surface area contributed by atoms with Crippen molar-refractivity contribution < 1.29 is 19.1 Å². The van der Waals surface area contributed by atoms with Gasteiger partial charge < -0.3 is 19.7 Å². The van der Waals surface area contributed by atoms with Gasteiger partial charge in [-0.2, -0.15) is 0 Å². The lowest BCUT2D eigenvalue weighted by molar-refractivity contribution is -0.129. The zero-order chi connectivity index (χ0) is 19.4. The molecule has 0 saturated heterocycles. The van der Waals surface area contributed by atoms with Crippen LogP contribution < -0.4 is 14.8 Å². The Labute approximate surface area is 159 Å². The molecule has 0 saturated carbocycles. The van der Waals surface area contributed by atoms with E-state index in [0.717, 1.165) is 22.4 Å². The van der Waals surface area contributed by atoms with E-state index in [1.54, 1.807) is 4.90 Å². The van der Waals surface area contributed by atoms with Crippen LogP contribution in [0.3, 0.4) is 0 Å². The monoisotopic (exact) mass is 368 g/mol. The van der Waals surface area contributed by atoms with Gasteiger partial charge in [0.25, 0.3) is 0 Å². The average Bonchev–Trinajstić information content (AvgIpc) is 3.09. The molecule has 142 valence electrons. The summed E-state index contributed by atoms with van der Waals surface area (Å²) in [6.07, 6.45) is 0.234. The number of amides is 2. The van der Waals surface area contributed by atoms with Crippen molar-refractivity contribution in [1.82, 2.24) is 4.90 Å². The Balaban J connectivity index is 1.60. The molecule has 1 heterocycles. The number of nitrogens with zero attached hydrogens (tertiary/aromatic N) is 1. The molecule has 0 fully saturated rings. The summed E-state index contributed by atoms with van der Waals surface area (Å²) in [4.78, 5) is 26.0. The fraction of sp³-hybridized carbons (Fsp3) is 0.333. The second kappa shape index (κ2) is 8.12. The summed E-state index contributed by atoms with van der Waals surface area (Å²) in [6, 6.07) is 11.5. The van der Waals surface area contributed by atoms with E-state index in [4.69, 9.17) is 9.47 Å². The van der Waals surface area contributed by atoms with E-state index in [2.05, 4.69) is 5.32 Å². The van der Waals surface area contributed by atoms with Gasteiger partial charge in [0.2, 0.25) is 18.6 Å². The molecule has 3 rings (SSSR count). The molecule has 0 aromatic heterocycles. The maximum absolute atomic E-state index is 12.4. The highest BCUT2D eigenvalue weighted by atomic mass is 16.7. The third-order valence-corrected chi connectivity index (χ3v) is 4.61. The van der Waals surface area contributed by atoms with Crippen molar-refractivity contribution in [2.24, 2.45) is 0 Å². The van der Waals surface area contributed by atoms with Crippen molar-refractivity contribution >= 4 is 17.5 Å². The predicted octanol–water partition coefficient (Wildman–Crippen LogP) is 3.41. The SMILES string of the molecule is CC(=O)N(CCC(=O)Nc1c(C)cccc1C)Cc1ccc2c(c1)OCO2. The van der Waals surface area contributed by atoms with Crippen LogP contribution in [0.25, 0.3) is 0 Å². The van der Waals surface area contributed by atoms with Gasteiger partial charge in [0.15, 0.2) is 11.5 Å².